The highest BCUT2D eigenvalue weighted by Crippen LogP contribution is 2.30. The number of aliphatic hydroxyl groups excluding tert-OH is 1. The van der Waals surface area contributed by atoms with Crippen LogP contribution >= 0.6 is 0 Å². The van der Waals surface area contributed by atoms with Crippen molar-refractivity contribution in [1.82, 2.24) is 5.32 Å². The summed E-state index contributed by atoms with van der Waals surface area (Å²) in [6, 6.07) is 5.81. The third kappa shape index (κ3) is 3.12. The molecule has 1 atom stereocenters. The summed E-state index contributed by atoms with van der Waals surface area (Å²) in [7, 11) is 3.24. The van der Waals surface area contributed by atoms with Gasteiger partial charge in [0.2, 0.25) is 0 Å². The van der Waals surface area contributed by atoms with Crippen LogP contribution in [0.5, 0.6) is 11.5 Å². The van der Waals surface area contributed by atoms with Gasteiger partial charge < -0.3 is 19.9 Å². The van der Waals surface area contributed by atoms with Crippen LogP contribution in [0.25, 0.3) is 0 Å². The molecular weight excluding hydrogens is 206 g/mol. The molecule has 1 unspecified atom stereocenters. The zero-order valence-corrected chi connectivity index (χ0v) is 9.99. The molecule has 1 aromatic rings. The summed E-state index contributed by atoms with van der Waals surface area (Å²) in [5, 5.41) is 12.1. The van der Waals surface area contributed by atoms with Gasteiger partial charge in [-0.15, -0.1) is 0 Å². The fourth-order valence-corrected chi connectivity index (χ4v) is 1.44. The highest BCUT2D eigenvalue weighted by atomic mass is 16.5. The molecule has 4 nitrogen and oxygen atoms in total. The SMILES string of the molecule is COc1cccc(CNC(C)CO)c1OC. The molecule has 2 N–H and O–H groups in total. The summed E-state index contributed by atoms with van der Waals surface area (Å²) in [4.78, 5) is 0. The number of aliphatic hydroxyl groups is 1. The van der Waals surface area contributed by atoms with E-state index >= 15 is 0 Å². The standard InChI is InChI=1S/C12H19NO3/c1-9(8-14)13-7-10-5-4-6-11(15-2)12(10)16-3/h4-6,9,13-14H,7-8H2,1-3H3. The number of hydrogen-bond donors (Lipinski definition) is 2. The van der Waals surface area contributed by atoms with Crippen LogP contribution in [0.4, 0.5) is 0 Å². The smallest absolute Gasteiger partial charge is 0.165 e. The number of ether oxygens (including phenoxy) is 2. The van der Waals surface area contributed by atoms with Gasteiger partial charge in [0.1, 0.15) is 0 Å². The molecule has 90 valence electrons. The first kappa shape index (κ1) is 12.8. The summed E-state index contributed by atoms with van der Waals surface area (Å²) in [6.07, 6.45) is 0. The van der Waals surface area contributed by atoms with Crippen LogP contribution in [0.3, 0.4) is 0 Å². The van der Waals surface area contributed by atoms with E-state index in [1.165, 1.54) is 0 Å². The van der Waals surface area contributed by atoms with E-state index in [1.807, 2.05) is 25.1 Å². The van der Waals surface area contributed by atoms with Gasteiger partial charge in [0.05, 0.1) is 20.8 Å². The third-order valence-corrected chi connectivity index (χ3v) is 2.40. The topological polar surface area (TPSA) is 50.7 Å². The lowest BCUT2D eigenvalue weighted by Gasteiger charge is -2.15. The van der Waals surface area contributed by atoms with Crippen molar-refractivity contribution in [2.75, 3.05) is 20.8 Å². The van der Waals surface area contributed by atoms with Crippen molar-refractivity contribution in [1.29, 1.82) is 0 Å². The Morgan fingerprint density at radius 1 is 1.31 bits per heavy atom. The van der Waals surface area contributed by atoms with Crippen molar-refractivity contribution in [3.8, 4) is 11.5 Å². The highest BCUT2D eigenvalue weighted by Gasteiger charge is 2.09. The van der Waals surface area contributed by atoms with E-state index in [9.17, 15) is 0 Å². The fourth-order valence-electron chi connectivity index (χ4n) is 1.44. The molecule has 0 bridgehead atoms. The van der Waals surface area contributed by atoms with Crippen LogP contribution in [0, 0.1) is 0 Å². The molecule has 0 heterocycles. The van der Waals surface area contributed by atoms with E-state index in [2.05, 4.69) is 5.32 Å². The Morgan fingerprint density at radius 3 is 2.62 bits per heavy atom. The molecule has 0 spiro atoms. The molecule has 1 rings (SSSR count). The van der Waals surface area contributed by atoms with Gasteiger partial charge in [-0.25, -0.2) is 0 Å². The molecule has 4 heteroatoms. The van der Waals surface area contributed by atoms with Gasteiger partial charge in [-0.3, -0.25) is 0 Å². The number of rotatable bonds is 6. The lowest BCUT2D eigenvalue weighted by atomic mass is 10.1. The summed E-state index contributed by atoms with van der Waals surface area (Å²) in [5.41, 5.74) is 1.02. The van der Waals surface area contributed by atoms with Gasteiger partial charge in [0.25, 0.3) is 0 Å². The van der Waals surface area contributed by atoms with Gasteiger partial charge in [-0.05, 0) is 13.0 Å². The van der Waals surface area contributed by atoms with E-state index in [-0.39, 0.29) is 12.6 Å². The van der Waals surface area contributed by atoms with Crippen LogP contribution in [-0.4, -0.2) is 32.0 Å². The molecule has 0 amide bonds. The second kappa shape index (κ2) is 6.35. The van der Waals surface area contributed by atoms with Crippen molar-refractivity contribution in [2.45, 2.75) is 19.5 Å². The minimum absolute atomic E-state index is 0.0657. The Morgan fingerprint density at radius 2 is 2.06 bits per heavy atom. The molecule has 0 saturated carbocycles. The summed E-state index contributed by atoms with van der Waals surface area (Å²) < 4.78 is 10.5. The predicted octanol–water partition coefficient (Wildman–Crippen LogP) is 1.17. The molecule has 0 aliphatic rings. The van der Waals surface area contributed by atoms with Crippen molar-refractivity contribution < 1.29 is 14.6 Å². The highest BCUT2D eigenvalue weighted by molar-refractivity contribution is 5.46. The lowest BCUT2D eigenvalue weighted by molar-refractivity contribution is 0.250. The maximum atomic E-state index is 8.92. The van der Waals surface area contributed by atoms with Crippen LogP contribution in [0.15, 0.2) is 18.2 Å². The number of para-hydroxylation sites is 1. The van der Waals surface area contributed by atoms with Crippen LogP contribution in [0.1, 0.15) is 12.5 Å². The van der Waals surface area contributed by atoms with E-state index in [0.717, 1.165) is 17.1 Å². The first-order valence-corrected chi connectivity index (χ1v) is 5.27. The number of benzene rings is 1. The Balaban J connectivity index is 2.78. The molecular formula is C12H19NO3. The second-order valence-corrected chi connectivity index (χ2v) is 3.62. The van der Waals surface area contributed by atoms with Crippen LogP contribution in [-0.2, 0) is 6.54 Å². The molecule has 0 radical (unpaired) electrons. The lowest BCUT2D eigenvalue weighted by Crippen LogP contribution is -2.28. The van der Waals surface area contributed by atoms with Crippen molar-refractivity contribution in [3.05, 3.63) is 23.8 Å². The molecule has 0 fully saturated rings. The van der Waals surface area contributed by atoms with Gasteiger partial charge in [0.15, 0.2) is 11.5 Å². The first-order chi connectivity index (χ1) is 7.72. The third-order valence-electron chi connectivity index (χ3n) is 2.40. The Labute approximate surface area is 96.2 Å². The monoisotopic (exact) mass is 225 g/mol. The zero-order chi connectivity index (χ0) is 12.0. The van der Waals surface area contributed by atoms with Crippen LogP contribution in [0.2, 0.25) is 0 Å². The van der Waals surface area contributed by atoms with E-state index in [4.69, 9.17) is 14.6 Å². The summed E-state index contributed by atoms with van der Waals surface area (Å²) in [6.45, 7) is 2.68. The van der Waals surface area contributed by atoms with Crippen LogP contribution < -0.4 is 14.8 Å². The number of methoxy groups -OCH3 is 2. The van der Waals surface area contributed by atoms with Crippen molar-refractivity contribution >= 4 is 0 Å². The molecule has 1 aromatic carbocycles. The second-order valence-electron chi connectivity index (χ2n) is 3.62. The minimum Gasteiger partial charge on any atom is -0.493 e. The van der Waals surface area contributed by atoms with Gasteiger partial charge in [-0.2, -0.15) is 0 Å². The zero-order valence-electron chi connectivity index (χ0n) is 9.99. The average Bonchev–Trinajstić information content (AvgIpc) is 2.34. The molecule has 0 saturated heterocycles. The van der Waals surface area contributed by atoms with E-state index < -0.39 is 0 Å². The average molecular weight is 225 g/mol. The fraction of sp³-hybridized carbons (Fsp3) is 0.500. The van der Waals surface area contributed by atoms with Crippen molar-refractivity contribution in [3.63, 3.8) is 0 Å². The van der Waals surface area contributed by atoms with Gasteiger partial charge in [-0.1, -0.05) is 12.1 Å². The number of nitrogens with one attached hydrogen (secondary N) is 1. The van der Waals surface area contributed by atoms with E-state index in [0.29, 0.717) is 6.54 Å². The largest absolute Gasteiger partial charge is 0.493 e. The van der Waals surface area contributed by atoms with Gasteiger partial charge >= 0.3 is 0 Å². The normalized spacial score (nSPS) is 12.2. The molecule has 0 aliphatic heterocycles. The Bertz CT molecular complexity index is 328. The predicted molar refractivity (Wildman–Crippen MR) is 62.9 cm³/mol. The van der Waals surface area contributed by atoms with E-state index in [1.54, 1.807) is 14.2 Å². The first-order valence-electron chi connectivity index (χ1n) is 5.27. The Hall–Kier alpha value is -1.26. The number of hydrogen-bond acceptors (Lipinski definition) is 4. The van der Waals surface area contributed by atoms with Gasteiger partial charge in [0, 0.05) is 18.2 Å². The quantitative estimate of drug-likeness (QED) is 0.763. The Kier molecular flexibility index (Phi) is 5.08. The maximum absolute atomic E-state index is 8.92. The van der Waals surface area contributed by atoms with Crippen molar-refractivity contribution in [2.24, 2.45) is 0 Å². The molecule has 16 heavy (non-hydrogen) atoms. The summed E-state index contributed by atoms with van der Waals surface area (Å²) >= 11 is 0. The summed E-state index contributed by atoms with van der Waals surface area (Å²) in [5.74, 6) is 1.46. The minimum atomic E-state index is 0.0657. The molecule has 0 aliphatic carbocycles. The molecule has 0 aromatic heterocycles. The maximum Gasteiger partial charge on any atom is 0.165 e.